The molecule has 1 amide bonds. The topological polar surface area (TPSA) is 72.2 Å². The average Bonchev–Trinajstić information content (AvgIpc) is 2.07. The van der Waals surface area contributed by atoms with Crippen LogP contribution in [-0.2, 0) is 15.8 Å². The van der Waals surface area contributed by atoms with Crippen molar-refractivity contribution in [3.8, 4) is 0 Å². The first-order valence-corrected chi connectivity index (χ1v) is 5.33. The van der Waals surface area contributed by atoms with Gasteiger partial charge in [0.25, 0.3) is 0 Å². The molecule has 6 heteroatoms. The van der Waals surface area contributed by atoms with Crippen LogP contribution in [0.5, 0.6) is 0 Å². The number of hydrogen-bond acceptors (Lipinski definition) is 2. The van der Waals surface area contributed by atoms with Gasteiger partial charge in [-0.2, -0.15) is 0 Å². The van der Waals surface area contributed by atoms with Gasteiger partial charge in [0.05, 0.1) is 15.6 Å². The monoisotopic (exact) mass is 232 g/mol. The van der Waals surface area contributed by atoms with E-state index in [2.05, 4.69) is 5.32 Å². The molecule has 0 aliphatic carbocycles. The van der Waals surface area contributed by atoms with E-state index in [0.29, 0.717) is 15.6 Å². The number of amides is 1. The zero-order valence-corrected chi connectivity index (χ0v) is 8.98. The highest BCUT2D eigenvalue weighted by molar-refractivity contribution is 7.82. The Labute approximate surface area is 89.0 Å². The number of hydrogen-bond donors (Lipinski definition) is 2. The Morgan fingerprint density at radius 1 is 1.57 bits per heavy atom. The zero-order chi connectivity index (χ0) is 10.7. The fraction of sp³-hybridized carbons (Fsp3) is 0.125. The minimum Gasteiger partial charge on any atom is -0.325 e. The highest BCUT2D eigenvalue weighted by atomic mass is 35.5. The van der Waals surface area contributed by atoms with E-state index in [1.165, 1.54) is 13.0 Å². The maximum atomic E-state index is 10.9. The van der Waals surface area contributed by atoms with Gasteiger partial charge in [0.2, 0.25) is 5.91 Å². The van der Waals surface area contributed by atoms with Crippen molar-refractivity contribution in [2.75, 3.05) is 5.32 Å². The predicted molar refractivity (Wildman–Crippen MR) is 56.4 cm³/mol. The van der Waals surface area contributed by atoms with Crippen LogP contribution in [0.2, 0.25) is 5.02 Å². The van der Waals surface area contributed by atoms with Gasteiger partial charge in [-0.3, -0.25) is 4.79 Å². The van der Waals surface area contributed by atoms with Crippen molar-refractivity contribution in [1.82, 2.24) is 0 Å². The minimum absolute atomic E-state index is 0.214. The summed E-state index contributed by atoms with van der Waals surface area (Å²) in [5, 5.41) is 8.00. The summed E-state index contributed by atoms with van der Waals surface area (Å²) in [6, 6.07) is 4.57. The van der Waals surface area contributed by atoms with Crippen molar-refractivity contribution in [2.24, 2.45) is 5.14 Å². The molecule has 0 fully saturated rings. The Morgan fingerprint density at radius 2 is 2.21 bits per heavy atom. The van der Waals surface area contributed by atoms with Crippen molar-refractivity contribution >= 4 is 34.2 Å². The second-order valence-electron chi connectivity index (χ2n) is 2.62. The number of nitrogens with two attached hydrogens (primary N) is 1. The van der Waals surface area contributed by atoms with Gasteiger partial charge in [-0.1, -0.05) is 11.6 Å². The van der Waals surface area contributed by atoms with Crippen molar-refractivity contribution in [2.45, 2.75) is 11.8 Å². The molecule has 14 heavy (non-hydrogen) atoms. The molecule has 0 radical (unpaired) electrons. The molecule has 0 aliphatic heterocycles. The van der Waals surface area contributed by atoms with Gasteiger partial charge in [0.1, 0.15) is 11.0 Å². The lowest BCUT2D eigenvalue weighted by atomic mass is 10.3. The van der Waals surface area contributed by atoms with Crippen molar-refractivity contribution in [3.63, 3.8) is 0 Å². The van der Waals surface area contributed by atoms with Crippen LogP contribution in [0.3, 0.4) is 0 Å². The predicted octanol–water partition coefficient (Wildman–Crippen LogP) is 1.28. The quantitative estimate of drug-likeness (QED) is 0.806. The van der Waals surface area contributed by atoms with E-state index in [9.17, 15) is 9.00 Å². The molecule has 0 aromatic heterocycles. The maximum Gasteiger partial charge on any atom is 0.221 e. The molecular weight excluding hydrogens is 224 g/mol. The number of carbonyl (C=O) groups excluding carboxylic acids is 1. The molecule has 76 valence electrons. The third kappa shape index (κ3) is 2.80. The van der Waals surface area contributed by atoms with Gasteiger partial charge in [0.15, 0.2) is 0 Å². The van der Waals surface area contributed by atoms with Gasteiger partial charge in [0, 0.05) is 6.92 Å². The van der Waals surface area contributed by atoms with E-state index in [-0.39, 0.29) is 5.91 Å². The van der Waals surface area contributed by atoms with E-state index in [4.69, 9.17) is 16.7 Å². The van der Waals surface area contributed by atoms with Gasteiger partial charge >= 0.3 is 0 Å². The van der Waals surface area contributed by atoms with Crippen molar-refractivity contribution in [3.05, 3.63) is 23.2 Å². The number of anilines is 1. The standard InChI is InChI=1S/C8H9ClN2O2S/c1-5(12)11-8-3-2-6(14(10)13)4-7(8)9/h2-4H,10H2,1H3,(H,11,12). The first kappa shape index (κ1) is 11.2. The van der Waals surface area contributed by atoms with E-state index in [0.717, 1.165) is 0 Å². The molecule has 4 nitrogen and oxygen atoms in total. The van der Waals surface area contributed by atoms with Crippen LogP contribution in [-0.4, -0.2) is 10.1 Å². The van der Waals surface area contributed by atoms with Crippen LogP contribution < -0.4 is 10.5 Å². The summed E-state index contributed by atoms with van der Waals surface area (Å²) in [6.45, 7) is 1.38. The lowest BCUT2D eigenvalue weighted by molar-refractivity contribution is -0.114. The first-order chi connectivity index (χ1) is 6.50. The fourth-order valence-electron chi connectivity index (χ4n) is 0.912. The third-order valence-corrected chi connectivity index (χ3v) is 2.51. The molecular formula is C8H9ClN2O2S. The molecule has 0 bridgehead atoms. The Bertz CT molecular complexity index is 395. The molecule has 0 saturated carbocycles. The van der Waals surface area contributed by atoms with E-state index < -0.39 is 11.0 Å². The average molecular weight is 233 g/mol. The molecule has 1 unspecified atom stereocenters. The summed E-state index contributed by atoms with van der Waals surface area (Å²) in [5.41, 5.74) is 0.480. The normalized spacial score (nSPS) is 12.2. The highest BCUT2D eigenvalue weighted by Gasteiger charge is 2.05. The van der Waals surface area contributed by atoms with E-state index >= 15 is 0 Å². The van der Waals surface area contributed by atoms with Crippen LogP contribution in [0, 0.1) is 0 Å². The Kier molecular flexibility index (Phi) is 3.62. The van der Waals surface area contributed by atoms with Crippen molar-refractivity contribution in [1.29, 1.82) is 0 Å². The second-order valence-corrected chi connectivity index (χ2v) is 4.09. The molecule has 1 rings (SSSR count). The summed E-state index contributed by atoms with van der Waals surface area (Å²) in [6.07, 6.45) is 0. The molecule has 0 aliphatic rings. The molecule has 3 N–H and O–H groups in total. The van der Waals surface area contributed by atoms with Crippen LogP contribution in [0.15, 0.2) is 23.1 Å². The number of rotatable bonds is 2. The molecule has 1 aromatic rings. The van der Waals surface area contributed by atoms with Gasteiger partial charge < -0.3 is 5.32 Å². The Hall–Kier alpha value is -0.910. The van der Waals surface area contributed by atoms with Gasteiger partial charge in [-0.15, -0.1) is 0 Å². The number of nitrogens with one attached hydrogen (secondary N) is 1. The Balaban J connectivity index is 3.01. The SMILES string of the molecule is CC(=O)Nc1ccc(S(N)=O)cc1Cl. The lowest BCUT2D eigenvalue weighted by Gasteiger charge is -2.05. The summed E-state index contributed by atoms with van der Waals surface area (Å²) < 4.78 is 10.9. The first-order valence-electron chi connectivity index (χ1n) is 3.74. The maximum absolute atomic E-state index is 10.9. The number of benzene rings is 1. The third-order valence-electron chi connectivity index (χ3n) is 1.48. The second kappa shape index (κ2) is 4.54. The van der Waals surface area contributed by atoms with Crippen LogP contribution >= 0.6 is 11.6 Å². The van der Waals surface area contributed by atoms with Crippen LogP contribution in [0.4, 0.5) is 5.69 Å². The smallest absolute Gasteiger partial charge is 0.221 e. The van der Waals surface area contributed by atoms with Gasteiger partial charge in [-0.25, -0.2) is 9.35 Å². The lowest BCUT2D eigenvalue weighted by Crippen LogP contribution is -2.07. The minimum atomic E-state index is -1.56. The van der Waals surface area contributed by atoms with Gasteiger partial charge in [-0.05, 0) is 18.2 Å². The molecule has 0 spiro atoms. The Morgan fingerprint density at radius 3 is 2.64 bits per heavy atom. The highest BCUT2D eigenvalue weighted by Crippen LogP contribution is 2.23. The van der Waals surface area contributed by atoms with Crippen LogP contribution in [0.1, 0.15) is 6.92 Å². The fourth-order valence-corrected chi connectivity index (χ4v) is 1.64. The summed E-state index contributed by atoms with van der Waals surface area (Å²) in [5.74, 6) is -0.214. The zero-order valence-electron chi connectivity index (χ0n) is 7.41. The van der Waals surface area contributed by atoms with E-state index in [1.54, 1.807) is 12.1 Å². The van der Waals surface area contributed by atoms with Crippen LogP contribution in [0.25, 0.3) is 0 Å². The molecule has 1 atom stereocenters. The largest absolute Gasteiger partial charge is 0.325 e. The molecule has 0 heterocycles. The van der Waals surface area contributed by atoms with Crippen molar-refractivity contribution < 1.29 is 9.00 Å². The number of carbonyl (C=O) groups is 1. The van der Waals surface area contributed by atoms with E-state index in [1.807, 2.05) is 0 Å². The molecule has 0 saturated heterocycles. The number of halogens is 1. The molecule has 1 aromatic carbocycles. The summed E-state index contributed by atoms with van der Waals surface area (Å²) >= 11 is 5.81. The summed E-state index contributed by atoms with van der Waals surface area (Å²) in [7, 11) is -1.56. The summed E-state index contributed by atoms with van der Waals surface area (Å²) in [4.78, 5) is 11.2.